The Labute approximate surface area is 58.0 Å². The summed E-state index contributed by atoms with van der Waals surface area (Å²) in [5, 5.41) is 10.6. The van der Waals surface area contributed by atoms with Crippen molar-refractivity contribution < 1.29 is 14.7 Å². The van der Waals surface area contributed by atoms with Gasteiger partial charge in [-0.2, -0.15) is 0 Å². The lowest BCUT2D eigenvalue weighted by atomic mass is 10.7. The molecule has 0 aliphatic carbocycles. The molecule has 0 saturated heterocycles. The van der Waals surface area contributed by atoms with Gasteiger partial charge in [0, 0.05) is 14.2 Å². The topological polar surface area (TPSA) is 51.0 Å². The highest BCUT2D eigenvalue weighted by Gasteiger charge is 2.10. The maximum atomic E-state index is 8.06. The van der Waals surface area contributed by atoms with Gasteiger partial charge in [0.05, 0.1) is 0 Å². The molecule has 0 aliphatic rings. The van der Waals surface area contributed by atoms with Crippen LogP contribution in [0.15, 0.2) is 5.16 Å². The Morgan fingerprint density at radius 3 is 2.11 bits per heavy atom. The Balaban J connectivity index is 3.79. The van der Waals surface area contributed by atoms with Crippen LogP contribution in [-0.4, -0.2) is 30.9 Å². The fraction of sp³-hybridized carbons (Fsp3) is 0.750. The predicted octanol–water partition coefficient (Wildman–Crippen LogP) is 0.632. The van der Waals surface area contributed by atoms with Gasteiger partial charge in [-0.3, -0.25) is 0 Å². The van der Waals surface area contributed by atoms with Crippen molar-refractivity contribution in [2.75, 3.05) is 14.2 Å². The number of ether oxygens (including phenoxy) is 2. The molecule has 0 rings (SSSR count). The molecule has 1 N–H and O–H groups in total. The SMILES string of the molecule is COC(OC)/C(Cl)=N/O. The van der Waals surface area contributed by atoms with E-state index in [1.807, 2.05) is 0 Å². The van der Waals surface area contributed by atoms with E-state index < -0.39 is 6.29 Å². The first-order chi connectivity index (χ1) is 4.26. The van der Waals surface area contributed by atoms with Crippen molar-refractivity contribution in [2.24, 2.45) is 5.16 Å². The van der Waals surface area contributed by atoms with E-state index in [2.05, 4.69) is 14.6 Å². The number of hydrogen-bond donors (Lipinski definition) is 1. The lowest BCUT2D eigenvalue weighted by molar-refractivity contribution is -0.0514. The highest BCUT2D eigenvalue weighted by Crippen LogP contribution is 1.98. The predicted molar refractivity (Wildman–Crippen MR) is 32.9 cm³/mol. The minimum atomic E-state index is -0.767. The van der Waals surface area contributed by atoms with Gasteiger partial charge in [-0.1, -0.05) is 16.8 Å². The second-order valence-corrected chi connectivity index (χ2v) is 1.61. The van der Waals surface area contributed by atoms with Gasteiger partial charge in [0.1, 0.15) is 0 Å². The van der Waals surface area contributed by atoms with E-state index in [0.717, 1.165) is 0 Å². The summed E-state index contributed by atoms with van der Waals surface area (Å²) in [6.45, 7) is 0. The lowest BCUT2D eigenvalue weighted by Gasteiger charge is -2.08. The average molecular weight is 154 g/mol. The standard InChI is InChI=1S/C4H8ClNO3/c1-8-4(9-2)3(5)6-7/h4,7H,1-2H3/b6-3-. The second-order valence-electron chi connectivity index (χ2n) is 1.23. The van der Waals surface area contributed by atoms with Crippen molar-refractivity contribution >= 4 is 16.8 Å². The van der Waals surface area contributed by atoms with Gasteiger partial charge < -0.3 is 14.7 Å². The molecule has 0 radical (unpaired) electrons. The molecule has 0 aromatic carbocycles. The van der Waals surface area contributed by atoms with Crippen LogP contribution in [0.2, 0.25) is 0 Å². The highest BCUT2D eigenvalue weighted by atomic mass is 35.5. The number of rotatable bonds is 3. The number of methoxy groups -OCH3 is 2. The lowest BCUT2D eigenvalue weighted by Crippen LogP contribution is -2.20. The smallest absolute Gasteiger partial charge is 0.215 e. The zero-order chi connectivity index (χ0) is 7.28. The van der Waals surface area contributed by atoms with E-state index in [0.29, 0.717) is 0 Å². The van der Waals surface area contributed by atoms with Crippen LogP contribution in [0.4, 0.5) is 0 Å². The molecule has 9 heavy (non-hydrogen) atoms. The maximum Gasteiger partial charge on any atom is 0.215 e. The van der Waals surface area contributed by atoms with E-state index in [-0.39, 0.29) is 5.17 Å². The minimum Gasteiger partial charge on any atom is -0.410 e. The first-order valence-electron chi connectivity index (χ1n) is 2.19. The van der Waals surface area contributed by atoms with Crippen LogP contribution in [-0.2, 0) is 9.47 Å². The van der Waals surface area contributed by atoms with Crippen molar-refractivity contribution in [1.29, 1.82) is 0 Å². The third-order valence-corrected chi connectivity index (χ3v) is 0.972. The van der Waals surface area contributed by atoms with Gasteiger partial charge in [-0.25, -0.2) is 0 Å². The summed E-state index contributed by atoms with van der Waals surface area (Å²) >= 11 is 5.28. The Hall–Kier alpha value is -0.320. The number of hydrogen-bond acceptors (Lipinski definition) is 4. The van der Waals surface area contributed by atoms with Crippen molar-refractivity contribution in [2.45, 2.75) is 6.29 Å². The van der Waals surface area contributed by atoms with Crippen LogP contribution in [0.25, 0.3) is 0 Å². The number of halogens is 1. The van der Waals surface area contributed by atoms with E-state index >= 15 is 0 Å². The van der Waals surface area contributed by atoms with Gasteiger partial charge in [-0.15, -0.1) is 0 Å². The Morgan fingerprint density at radius 1 is 1.56 bits per heavy atom. The molecular formula is C4H8ClNO3. The molecule has 0 fully saturated rings. The van der Waals surface area contributed by atoms with Gasteiger partial charge in [0.2, 0.25) is 11.5 Å². The van der Waals surface area contributed by atoms with Crippen LogP contribution in [0.1, 0.15) is 0 Å². The molecule has 0 bridgehead atoms. The van der Waals surface area contributed by atoms with E-state index in [1.165, 1.54) is 14.2 Å². The van der Waals surface area contributed by atoms with Crippen molar-refractivity contribution in [3.63, 3.8) is 0 Å². The summed E-state index contributed by atoms with van der Waals surface area (Å²) in [5.74, 6) is 0. The summed E-state index contributed by atoms with van der Waals surface area (Å²) in [6.07, 6.45) is -0.767. The highest BCUT2D eigenvalue weighted by molar-refractivity contribution is 6.66. The van der Waals surface area contributed by atoms with Crippen LogP contribution >= 0.6 is 11.6 Å². The molecule has 0 saturated carbocycles. The minimum absolute atomic E-state index is 0.125. The third kappa shape index (κ3) is 2.64. The van der Waals surface area contributed by atoms with Crippen molar-refractivity contribution in [1.82, 2.24) is 0 Å². The monoisotopic (exact) mass is 153 g/mol. The molecule has 5 heteroatoms. The molecule has 4 nitrogen and oxygen atoms in total. The Kier molecular flexibility index (Phi) is 4.39. The number of oxime groups is 1. The van der Waals surface area contributed by atoms with Crippen LogP contribution < -0.4 is 0 Å². The molecule has 0 spiro atoms. The molecule has 0 aliphatic heterocycles. The quantitative estimate of drug-likeness (QED) is 0.280. The first-order valence-corrected chi connectivity index (χ1v) is 2.57. The maximum absolute atomic E-state index is 8.06. The second kappa shape index (κ2) is 4.55. The van der Waals surface area contributed by atoms with E-state index in [4.69, 9.17) is 16.8 Å². The van der Waals surface area contributed by atoms with Gasteiger partial charge in [0.15, 0.2) is 0 Å². The zero-order valence-electron chi connectivity index (χ0n) is 5.17. The molecular weight excluding hydrogens is 146 g/mol. The summed E-state index contributed by atoms with van der Waals surface area (Å²) in [7, 11) is 2.78. The molecule has 0 atom stereocenters. The summed E-state index contributed by atoms with van der Waals surface area (Å²) in [6, 6.07) is 0. The van der Waals surface area contributed by atoms with Crippen LogP contribution in [0.3, 0.4) is 0 Å². The fourth-order valence-electron chi connectivity index (χ4n) is 0.338. The molecule has 54 valence electrons. The average Bonchev–Trinajstić information content (AvgIpc) is 1.90. The molecule has 0 aromatic heterocycles. The normalized spacial score (nSPS) is 12.7. The summed E-state index contributed by atoms with van der Waals surface area (Å²) < 4.78 is 9.21. The van der Waals surface area contributed by atoms with E-state index in [9.17, 15) is 0 Å². The van der Waals surface area contributed by atoms with Gasteiger partial charge in [-0.05, 0) is 0 Å². The fourth-order valence-corrected chi connectivity index (χ4v) is 0.516. The Bertz CT molecular complexity index is 102. The number of nitrogens with zero attached hydrogens (tertiary/aromatic N) is 1. The largest absolute Gasteiger partial charge is 0.410 e. The molecule has 0 unspecified atom stereocenters. The van der Waals surface area contributed by atoms with Crippen molar-refractivity contribution in [3.05, 3.63) is 0 Å². The van der Waals surface area contributed by atoms with Crippen LogP contribution in [0, 0.1) is 0 Å². The zero-order valence-corrected chi connectivity index (χ0v) is 5.92. The third-order valence-electron chi connectivity index (χ3n) is 0.718. The van der Waals surface area contributed by atoms with Gasteiger partial charge >= 0.3 is 0 Å². The summed E-state index contributed by atoms with van der Waals surface area (Å²) in [5.41, 5.74) is 0. The van der Waals surface area contributed by atoms with Crippen LogP contribution in [0.5, 0.6) is 0 Å². The Morgan fingerprint density at radius 2 is 2.00 bits per heavy atom. The summed E-state index contributed by atoms with van der Waals surface area (Å²) in [4.78, 5) is 0. The molecule has 0 amide bonds. The van der Waals surface area contributed by atoms with Gasteiger partial charge in [0.25, 0.3) is 0 Å². The molecule has 0 heterocycles. The first kappa shape index (κ1) is 8.68. The van der Waals surface area contributed by atoms with Crippen molar-refractivity contribution in [3.8, 4) is 0 Å². The van der Waals surface area contributed by atoms with E-state index in [1.54, 1.807) is 0 Å². The molecule has 0 aromatic rings.